The van der Waals surface area contributed by atoms with E-state index < -0.39 is 0 Å². The third-order valence-corrected chi connectivity index (χ3v) is 3.47. The molecular weight excluding hydrogens is 284 g/mol. The van der Waals surface area contributed by atoms with E-state index in [1.54, 1.807) is 10.7 Å². The summed E-state index contributed by atoms with van der Waals surface area (Å²) in [6.07, 6.45) is 3.03. The Morgan fingerprint density at radius 3 is 3.12 bits per heavy atom. The fourth-order valence-electron chi connectivity index (χ4n) is 2.05. The van der Waals surface area contributed by atoms with Gasteiger partial charge < -0.3 is 9.64 Å². The summed E-state index contributed by atoms with van der Waals surface area (Å²) in [7, 11) is 2.10. The molecule has 5 nitrogen and oxygen atoms in total. The smallest absolute Gasteiger partial charge is 0.232 e. The Morgan fingerprint density at radius 1 is 1.47 bits per heavy atom. The van der Waals surface area contributed by atoms with Crippen molar-refractivity contribution >= 4 is 21.6 Å². The van der Waals surface area contributed by atoms with Crippen molar-refractivity contribution in [1.82, 2.24) is 19.5 Å². The molecule has 0 saturated carbocycles. The van der Waals surface area contributed by atoms with Crippen molar-refractivity contribution in [3.05, 3.63) is 22.9 Å². The van der Waals surface area contributed by atoms with Gasteiger partial charge in [0, 0.05) is 19.2 Å². The van der Waals surface area contributed by atoms with Gasteiger partial charge in [-0.25, -0.2) is 9.50 Å². The summed E-state index contributed by atoms with van der Waals surface area (Å²) in [5.41, 5.74) is 0.813. The van der Waals surface area contributed by atoms with Gasteiger partial charge in [-0.15, -0.1) is 5.10 Å². The molecule has 0 N–H and O–H groups in total. The molecule has 3 heterocycles. The number of likely N-dealkylation sites (N-methyl/N-ethyl adjacent to an activating group) is 1. The lowest BCUT2D eigenvalue weighted by Gasteiger charge is -2.12. The molecule has 1 saturated heterocycles. The number of aromatic nitrogens is 3. The summed E-state index contributed by atoms with van der Waals surface area (Å²) in [4.78, 5) is 6.45. The molecule has 6 heteroatoms. The SMILES string of the molecule is CN1CCC(Oc2ccc3ncc(Br)n3n2)C1. The van der Waals surface area contributed by atoms with Gasteiger partial charge in [0.15, 0.2) is 5.65 Å². The molecule has 1 aliphatic rings. The highest BCUT2D eigenvalue weighted by Gasteiger charge is 2.21. The summed E-state index contributed by atoms with van der Waals surface area (Å²) in [6, 6.07) is 3.78. The molecule has 1 atom stereocenters. The molecule has 1 unspecified atom stereocenters. The van der Waals surface area contributed by atoms with Crippen LogP contribution in [0.2, 0.25) is 0 Å². The predicted molar refractivity (Wildman–Crippen MR) is 67.2 cm³/mol. The van der Waals surface area contributed by atoms with Gasteiger partial charge in [0.25, 0.3) is 0 Å². The number of halogens is 1. The number of nitrogens with zero attached hydrogens (tertiary/aromatic N) is 4. The van der Waals surface area contributed by atoms with Crippen LogP contribution >= 0.6 is 15.9 Å². The summed E-state index contributed by atoms with van der Waals surface area (Å²) in [6.45, 7) is 2.05. The molecule has 0 amide bonds. The minimum absolute atomic E-state index is 0.243. The Kier molecular flexibility index (Phi) is 2.76. The highest BCUT2D eigenvalue weighted by Crippen LogP contribution is 2.18. The van der Waals surface area contributed by atoms with Crippen LogP contribution in [0.4, 0.5) is 0 Å². The quantitative estimate of drug-likeness (QED) is 0.844. The maximum Gasteiger partial charge on any atom is 0.232 e. The minimum Gasteiger partial charge on any atom is -0.472 e. The first-order valence-electron chi connectivity index (χ1n) is 5.58. The molecule has 0 aliphatic carbocycles. The Bertz CT molecular complexity index is 541. The van der Waals surface area contributed by atoms with E-state index in [-0.39, 0.29) is 6.10 Å². The maximum absolute atomic E-state index is 5.86. The molecule has 0 aromatic carbocycles. The Labute approximate surface area is 108 Å². The highest BCUT2D eigenvalue weighted by atomic mass is 79.9. The molecular formula is C11H13BrN4O. The lowest BCUT2D eigenvalue weighted by molar-refractivity contribution is 0.197. The molecule has 2 aromatic rings. The van der Waals surface area contributed by atoms with E-state index in [0.717, 1.165) is 29.8 Å². The second kappa shape index (κ2) is 4.27. The summed E-state index contributed by atoms with van der Waals surface area (Å²) in [5, 5.41) is 4.39. The maximum atomic E-state index is 5.86. The van der Waals surface area contributed by atoms with E-state index in [1.165, 1.54) is 0 Å². The van der Waals surface area contributed by atoms with Gasteiger partial charge in [0.1, 0.15) is 10.7 Å². The molecule has 3 rings (SSSR count). The molecule has 1 fully saturated rings. The third kappa shape index (κ3) is 2.14. The van der Waals surface area contributed by atoms with Crippen LogP contribution in [-0.2, 0) is 0 Å². The zero-order valence-corrected chi connectivity index (χ0v) is 11.1. The number of likely N-dealkylation sites (tertiary alicyclic amines) is 1. The highest BCUT2D eigenvalue weighted by molar-refractivity contribution is 9.10. The normalized spacial score (nSPS) is 21.2. The lowest BCUT2D eigenvalue weighted by Crippen LogP contribution is -2.22. The largest absolute Gasteiger partial charge is 0.472 e. The van der Waals surface area contributed by atoms with Gasteiger partial charge in [-0.2, -0.15) is 0 Å². The molecule has 0 radical (unpaired) electrons. The average molecular weight is 297 g/mol. The van der Waals surface area contributed by atoms with E-state index in [2.05, 4.69) is 38.0 Å². The molecule has 17 heavy (non-hydrogen) atoms. The second-order valence-corrected chi connectivity index (χ2v) is 5.13. The zero-order valence-electron chi connectivity index (χ0n) is 9.51. The van der Waals surface area contributed by atoms with Crippen molar-refractivity contribution in [3.63, 3.8) is 0 Å². The number of hydrogen-bond acceptors (Lipinski definition) is 4. The van der Waals surface area contributed by atoms with Crippen LogP contribution in [0.5, 0.6) is 5.88 Å². The topological polar surface area (TPSA) is 42.7 Å². The van der Waals surface area contributed by atoms with Gasteiger partial charge >= 0.3 is 0 Å². The van der Waals surface area contributed by atoms with E-state index in [1.807, 2.05) is 12.1 Å². The summed E-state index contributed by atoms with van der Waals surface area (Å²) >= 11 is 3.40. The fraction of sp³-hybridized carbons (Fsp3) is 0.455. The molecule has 2 aromatic heterocycles. The van der Waals surface area contributed by atoms with Gasteiger partial charge in [-0.05, 0) is 35.5 Å². The number of rotatable bonds is 2. The monoisotopic (exact) mass is 296 g/mol. The Morgan fingerprint density at radius 2 is 2.35 bits per heavy atom. The van der Waals surface area contributed by atoms with Crippen molar-refractivity contribution in [1.29, 1.82) is 0 Å². The first kappa shape index (κ1) is 11.0. The number of ether oxygens (including phenoxy) is 1. The summed E-state index contributed by atoms with van der Waals surface area (Å²) < 4.78 is 8.42. The number of imidazole rings is 1. The predicted octanol–water partition coefficient (Wildman–Crippen LogP) is 1.57. The van der Waals surface area contributed by atoms with E-state index in [0.29, 0.717) is 5.88 Å². The van der Waals surface area contributed by atoms with Crippen LogP contribution in [0.15, 0.2) is 22.9 Å². The van der Waals surface area contributed by atoms with Crippen molar-refractivity contribution < 1.29 is 4.74 Å². The van der Waals surface area contributed by atoms with Crippen LogP contribution in [0.25, 0.3) is 5.65 Å². The average Bonchev–Trinajstić information content (AvgIpc) is 2.87. The van der Waals surface area contributed by atoms with Crippen molar-refractivity contribution in [2.45, 2.75) is 12.5 Å². The van der Waals surface area contributed by atoms with Crippen LogP contribution in [0, 0.1) is 0 Å². The second-order valence-electron chi connectivity index (χ2n) is 4.31. The fourth-order valence-corrected chi connectivity index (χ4v) is 2.42. The van der Waals surface area contributed by atoms with E-state index >= 15 is 0 Å². The Balaban J connectivity index is 1.83. The van der Waals surface area contributed by atoms with Crippen LogP contribution in [0.3, 0.4) is 0 Å². The van der Waals surface area contributed by atoms with Crippen LogP contribution in [-0.4, -0.2) is 45.7 Å². The lowest BCUT2D eigenvalue weighted by atomic mass is 10.3. The first-order chi connectivity index (χ1) is 8.22. The standard InChI is InChI=1S/C11H13BrN4O/c1-15-5-4-8(7-15)17-11-3-2-10-13-6-9(12)16(10)14-11/h2-3,6,8H,4-5,7H2,1H3. The molecule has 0 bridgehead atoms. The minimum atomic E-state index is 0.243. The zero-order chi connectivity index (χ0) is 11.8. The van der Waals surface area contributed by atoms with Gasteiger partial charge in [-0.3, -0.25) is 0 Å². The van der Waals surface area contributed by atoms with Gasteiger partial charge in [-0.1, -0.05) is 0 Å². The van der Waals surface area contributed by atoms with Crippen LogP contribution < -0.4 is 4.74 Å². The number of fused-ring (bicyclic) bond motifs is 1. The van der Waals surface area contributed by atoms with Gasteiger partial charge in [0.05, 0.1) is 6.20 Å². The van der Waals surface area contributed by atoms with Crippen molar-refractivity contribution in [3.8, 4) is 5.88 Å². The van der Waals surface area contributed by atoms with E-state index in [4.69, 9.17) is 4.74 Å². The van der Waals surface area contributed by atoms with E-state index in [9.17, 15) is 0 Å². The van der Waals surface area contributed by atoms with Crippen LogP contribution in [0.1, 0.15) is 6.42 Å². The molecule has 90 valence electrons. The van der Waals surface area contributed by atoms with Crippen molar-refractivity contribution in [2.75, 3.05) is 20.1 Å². The Hall–Kier alpha value is -1.14. The van der Waals surface area contributed by atoms with Gasteiger partial charge in [0.2, 0.25) is 5.88 Å². The molecule has 0 spiro atoms. The number of hydrogen-bond donors (Lipinski definition) is 0. The van der Waals surface area contributed by atoms with Crippen molar-refractivity contribution in [2.24, 2.45) is 0 Å². The summed E-state index contributed by atoms with van der Waals surface area (Å²) in [5.74, 6) is 0.650. The molecule has 1 aliphatic heterocycles. The third-order valence-electron chi connectivity index (χ3n) is 2.93. The first-order valence-corrected chi connectivity index (χ1v) is 6.37.